The van der Waals surface area contributed by atoms with E-state index in [1.807, 2.05) is 60.7 Å². The summed E-state index contributed by atoms with van der Waals surface area (Å²) in [5, 5.41) is 2.12. The average Bonchev–Trinajstić information content (AvgIpc) is 2.53. The van der Waals surface area contributed by atoms with Crippen LogP contribution in [0.25, 0.3) is 10.8 Å². The molecule has 0 aliphatic carbocycles. The second kappa shape index (κ2) is 5.30. The highest BCUT2D eigenvalue weighted by molar-refractivity contribution is 6.16. The highest BCUT2D eigenvalue weighted by Gasteiger charge is 2.12. The Labute approximate surface area is 118 Å². The van der Waals surface area contributed by atoms with Gasteiger partial charge in [-0.3, -0.25) is 4.79 Å². The van der Waals surface area contributed by atoms with Crippen LogP contribution in [0.3, 0.4) is 0 Å². The Hall–Kier alpha value is -2.41. The lowest BCUT2D eigenvalue weighted by Gasteiger charge is -2.07. The molecule has 0 radical (unpaired) electrons. The average molecular weight is 260 g/mol. The summed E-state index contributed by atoms with van der Waals surface area (Å²) in [6.45, 7) is 2.10. The Morgan fingerprint density at radius 1 is 0.900 bits per heavy atom. The van der Waals surface area contributed by atoms with E-state index >= 15 is 0 Å². The Bertz CT molecular complexity index is 766. The van der Waals surface area contributed by atoms with Gasteiger partial charge in [-0.2, -0.15) is 0 Å². The van der Waals surface area contributed by atoms with Crippen molar-refractivity contribution in [2.45, 2.75) is 13.3 Å². The minimum absolute atomic E-state index is 0.0945. The molecule has 0 saturated carbocycles. The van der Waals surface area contributed by atoms with Crippen molar-refractivity contribution in [1.82, 2.24) is 0 Å². The van der Waals surface area contributed by atoms with Crippen LogP contribution in [0.5, 0.6) is 0 Å². The number of carbonyl (C=O) groups is 1. The van der Waals surface area contributed by atoms with E-state index in [9.17, 15) is 4.79 Å². The van der Waals surface area contributed by atoms with Crippen LogP contribution in [0, 0.1) is 0 Å². The molecular formula is C19H16O. The minimum atomic E-state index is 0.0945. The van der Waals surface area contributed by atoms with E-state index in [0.717, 1.165) is 28.3 Å². The number of aryl methyl sites for hydroxylation is 1. The second-order valence-electron chi connectivity index (χ2n) is 4.91. The van der Waals surface area contributed by atoms with Crippen LogP contribution in [0.4, 0.5) is 0 Å². The molecule has 1 heteroatoms. The van der Waals surface area contributed by atoms with Gasteiger partial charge in [-0.1, -0.05) is 67.6 Å². The van der Waals surface area contributed by atoms with Crippen molar-refractivity contribution < 1.29 is 4.79 Å². The molecule has 1 nitrogen and oxygen atoms in total. The van der Waals surface area contributed by atoms with Gasteiger partial charge in [0.05, 0.1) is 0 Å². The van der Waals surface area contributed by atoms with Crippen LogP contribution < -0.4 is 0 Å². The lowest BCUT2D eigenvalue weighted by Crippen LogP contribution is -2.02. The van der Waals surface area contributed by atoms with Crippen molar-refractivity contribution in [3.8, 4) is 0 Å². The van der Waals surface area contributed by atoms with Gasteiger partial charge in [-0.25, -0.2) is 0 Å². The molecule has 98 valence electrons. The van der Waals surface area contributed by atoms with E-state index in [1.165, 1.54) is 5.56 Å². The van der Waals surface area contributed by atoms with Crippen LogP contribution >= 0.6 is 0 Å². The highest BCUT2D eigenvalue weighted by Crippen LogP contribution is 2.21. The summed E-state index contributed by atoms with van der Waals surface area (Å²) < 4.78 is 0. The van der Waals surface area contributed by atoms with E-state index in [0.29, 0.717) is 0 Å². The lowest BCUT2D eigenvalue weighted by molar-refractivity contribution is 0.104. The van der Waals surface area contributed by atoms with Crippen molar-refractivity contribution in [3.05, 3.63) is 83.4 Å². The molecule has 0 N–H and O–H groups in total. The Morgan fingerprint density at radius 2 is 1.65 bits per heavy atom. The fraction of sp³-hybridized carbons (Fsp3) is 0.105. The molecule has 20 heavy (non-hydrogen) atoms. The fourth-order valence-electron chi connectivity index (χ4n) is 2.51. The first kappa shape index (κ1) is 12.6. The first-order valence-electron chi connectivity index (χ1n) is 6.91. The van der Waals surface area contributed by atoms with Gasteiger partial charge in [0.25, 0.3) is 0 Å². The van der Waals surface area contributed by atoms with E-state index in [4.69, 9.17) is 0 Å². The molecule has 0 fully saturated rings. The third-order valence-corrected chi connectivity index (χ3v) is 3.63. The van der Waals surface area contributed by atoms with Gasteiger partial charge in [0.2, 0.25) is 0 Å². The predicted octanol–water partition coefficient (Wildman–Crippen LogP) is 4.63. The molecule has 0 aromatic heterocycles. The Morgan fingerprint density at radius 3 is 2.50 bits per heavy atom. The highest BCUT2D eigenvalue weighted by atomic mass is 16.1. The molecule has 3 aromatic carbocycles. The number of hydrogen-bond donors (Lipinski definition) is 0. The zero-order chi connectivity index (χ0) is 13.9. The quantitative estimate of drug-likeness (QED) is 0.627. The summed E-state index contributed by atoms with van der Waals surface area (Å²) in [5.41, 5.74) is 2.73. The number of hydrogen-bond acceptors (Lipinski definition) is 1. The smallest absolute Gasteiger partial charge is 0.193 e. The molecule has 0 aliphatic rings. The maximum atomic E-state index is 12.7. The van der Waals surface area contributed by atoms with Gasteiger partial charge in [0.1, 0.15) is 0 Å². The largest absolute Gasteiger partial charge is 0.289 e. The zero-order valence-corrected chi connectivity index (χ0v) is 11.5. The number of carbonyl (C=O) groups excluding carboxylic acids is 1. The third-order valence-electron chi connectivity index (χ3n) is 3.63. The lowest BCUT2D eigenvalue weighted by atomic mass is 9.96. The normalized spacial score (nSPS) is 10.7. The summed E-state index contributed by atoms with van der Waals surface area (Å²) in [7, 11) is 0. The van der Waals surface area contributed by atoms with Gasteiger partial charge in [0.15, 0.2) is 5.78 Å². The van der Waals surface area contributed by atoms with E-state index in [1.54, 1.807) is 0 Å². The number of benzene rings is 3. The third kappa shape index (κ3) is 2.23. The second-order valence-corrected chi connectivity index (χ2v) is 4.91. The molecule has 0 atom stereocenters. The van der Waals surface area contributed by atoms with Gasteiger partial charge < -0.3 is 0 Å². The summed E-state index contributed by atoms with van der Waals surface area (Å²) in [4.78, 5) is 12.7. The van der Waals surface area contributed by atoms with Crippen molar-refractivity contribution in [1.29, 1.82) is 0 Å². The molecule has 0 bridgehead atoms. The Balaban J connectivity index is 2.12. The van der Waals surface area contributed by atoms with Gasteiger partial charge in [-0.15, -0.1) is 0 Å². The van der Waals surface area contributed by atoms with Crippen molar-refractivity contribution in [2.75, 3.05) is 0 Å². The van der Waals surface area contributed by atoms with Gasteiger partial charge in [-0.05, 0) is 28.8 Å². The molecule has 0 heterocycles. The SMILES string of the molecule is CCc1cccc(C(=O)c2cccc3ccccc23)c1. The molecule has 3 aromatic rings. The molecule has 0 amide bonds. The summed E-state index contributed by atoms with van der Waals surface area (Å²) in [6.07, 6.45) is 0.941. The zero-order valence-electron chi connectivity index (χ0n) is 11.5. The maximum absolute atomic E-state index is 12.7. The molecule has 0 aliphatic heterocycles. The molecular weight excluding hydrogens is 244 g/mol. The van der Waals surface area contributed by atoms with E-state index in [-0.39, 0.29) is 5.78 Å². The van der Waals surface area contributed by atoms with Crippen LogP contribution in [-0.2, 0) is 6.42 Å². The van der Waals surface area contributed by atoms with Crippen molar-refractivity contribution in [3.63, 3.8) is 0 Å². The minimum Gasteiger partial charge on any atom is -0.289 e. The molecule has 0 saturated heterocycles. The summed E-state index contributed by atoms with van der Waals surface area (Å²) >= 11 is 0. The number of fused-ring (bicyclic) bond motifs is 1. The van der Waals surface area contributed by atoms with E-state index < -0.39 is 0 Å². The monoisotopic (exact) mass is 260 g/mol. The van der Waals surface area contributed by atoms with Crippen molar-refractivity contribution in [2.24, 2.45) is 0 Å². The number of ketones is 1. The first-order chi connectivity index (χ1) is 9.79. The van der Waals surface area contributed by atoms with E-state index in [2.05, 4.69) is 13.0 Å². The van der Waals surface area contributed by atoms with Gasteiger partial charge in [0, 0.05) is 11.1 Å². The van der Waals surface area contributed by atoms with Crippen LogP contribution in [0.1, 0.15) is 28.4 Å². The standard InChI is InChI=1S/C19H16O/c1-2-14-7-5-10-16(13-14)19(20)18-12-6-9-15-8-3-4-11-17(15)18/h3-13H,2H2,1H3. The predicted molar refractivity (Wildman–Crippen MR) is 83.2 cm³/mol. The molecule has 3 rings (SSSR count). The van der Waals surface area contributed by atoms with Crippen LogP contribution in [-0.4, -0.2) is 5.78 Å². The fourth-order valence-corrected chi connectivity index (χ4v) is 2.51. The van der Waals surface area contributed by atoms with Crippen molar-refractivity contribution >= 4 is 16.6 Å². The van der Waals surface area contributed by atoms with Crippen LogP contribution in [0.15, 0.2) is 66.7 Å². The molecule has 0 spiro atoms. The first-order valence-corrected chi connectivity index (χ1v) is 6.91. The number of rotatable bonds is 3. The molecule has 0 unspecified atom stereocenters. The van der Waals surface area contributed by atoms with Gasteiger partial charge >= 0.3 is 0 Å². The Kier molecular flexibility index (Phi) is 3.34. The summed E-state index contributed by atoms with van der Waals surface area (Å²) in [5.74, 6) is 0.0945. The van der Waals surface area contributed by atoms with Crippen LogP contribution in [0.2, 0.25) is 0 Å². The summed E-state index contributed by atoms with van der Waals surface area (Å²) in [6, 6.07) is 21.8. The topological polar surface area (TPSA) is 17.1 Å². The maximum Gasteiger partial charge on any atom is 0.193 e.